The number of aliphatic hydroxyl groups excluding tert-OH is 1. The third kappa shape index (κ3) is 2.57. The van der Waals surface area contributed by atoms with E-state index >= 15 is 0 Å². The van der Waals surface area contributed by atoms with E-state index in [1.165, 1.54) is 5.56 Å². The summed E-state index contributed by atoms with van der Waals surface area (Å²) in [7, 11) is 0. The maximum absolute atomic E-state index is 10.7. The van der Waals surface area contributed by atoms with Crippen LogP contribution in [0.25, 0.3) is 11.0 Å². The molecule has 2 aromatic carbocycles. The smallest absolute Gasteiger partial charge is 0.110 e. The van der Waals surface area contributed by atoms with E-state index in [1.807, 2.05) is 18.2 Å². The number of hydrogen-bond acceptors (Lipinski definition) is 3. The standard InChI is InChI=1S/C21H23N3O/c25-20-16-6-2-1-5-15(16)13-19(20)24-11-9-14(10-12-24)21-22-17-7-3-4-8-18(17)23-21/h1-8,14,19-20,25H,9-13H2,(H,22,23). The fourth-order valence-electron chi connectivity index (χ4n) is 4.55. The molecule has 1 fully saturated rings. The topological polar surface area (TPSA) is 52.1 Å². The van der Waals surface area contributed by atoms with Gasteiger partial charge in [0, 0.05) is 12.0 Å². The molecule has 2 aliphatic rings. The number of fused-ring (bicyclic) bond motifs is 2. The summed E-state index contributed by atoms with van der Waals surface area (Å²) in [5.74, 6) is 1.61. The van der Waals surface area contributed by atoms with Crippen LogP contribution in [-0.2, 0) is 6.42 Å². The molecule has 3 aromatic rings. The van der Waals surface area contributed by atoms with Crippen LogP contribution in [0.3, 0.4) is 0 Å². The van der Waals surface area contributed by atoms with E-state index in [-0.39, 0.29) is 12.1 Å². The highest BCUT2D eigenvalue weighted by molar-refractivity contribution is 5.74. The maximum atomic E-state index is 10.7. The lowest BCUT2D eigenvalue weighted by Gasteiger charge is -2.36. The Labute approximate surface area is 147 Å². The lowest BCUT2D eigenvalue weighted by Crippen LogP contribution is -2.43. The zero-order chi connectivity index (χ0) is 16.8. The van der Waals surface area contributed by atoms with E-state index in [9.17, 15) is 5.11 Å². The summed E-state index contributed by atoms with van der Waals surface area (Å²) in [6, 6.07) is 16.8. The average molecular weight is 333 g/mol. The van der Waals surface area contributed by atoms with E-state index in [0.717, 1.165) is 54.8 Å². The molecule has 128 valence electrons. The van der Waals surface area contributed by atoms with Gasteiger partial charge in [0.1, 0.15) is 5.82 Å². The summed E-state index contributed by atoms with van der Waals surface area (Å²) in [6.45, 7) is 2.05. The van der Waals surface area contributed by atoms with Gasteiger partial charge < -0.3 is 10.1 Å². The summed E-state index contributed by atoms with van der Waals surface area (Å²) in [4.78, 5) is 10.8. The maximum Gasteiger partial charge on any atom is 0.110 e. The number of piperidine rings is 1. The molecule has 1 aliphatic heterocycles. The van der Waals surface area contributed by atoms with E-state index in [2.05, 4.69) is 40.2 Å². The van der Waals surface area contributed by atoms with Crippen LogP contribution in [0.15, 0.2) is 48.5 Å². The molecular weight excluding hydrogens is 310 g/mol. The van der Waals surface area contributed by atoms with Crippen LogP contribution in [0, 0.1) is 0 Å². The van der Waals surface area contributed by atoms with Gasteiger partial charge in [-0.25, -0.2) is 4.98 Å². The Balaban J connectivity index is 1.29. The summed E-state index contributed by atoms with van der Waals surface area (Å²) in [5.41, 5.74) is 4.61. The first kappa shape index (κ1) is 15.1. The molecule has 0 saturated carbocycles. The normalized spacial score (nSPS) is 24.7. The zero-order valence-electron chi connectivity index (χ0n) is 14.2. The third-order valence-electron chi connectivity index (χ3n) is 5.96. The molecular formula is C21H23N3O. The summed E-state index contributed by atoms with van der Waals surface area (Å²) in [6.07, 6.45) is 2.81. The number of H-pyrrole nitrogens is 1. The highest BCUT2D eigenvalue weighted by Crippen LogP contribution is 2.37. The van der Waals surface area contributed by atoms with Gasteiger partial charge in [-0.1, -0.05) is 36.4 Å². The Bertz CT molecular complexity index is 862. The van der Waals surface area contributed by atoms with E-state index in [0.29, 0.717) is 5.92 Å². The lowest BCUT2D eigenvalue weighted by atomic mass is 9.94. The van der Waals surface area contributed by atoms with Crippen molar-refractivity contribution < 1.29 is 5.11 Å². The Morgan fingerprint density at radius 1 is 1.00 bits per heavy atom. The van der Waals surface area contributed by atoms with Gasteiger partial charge in [0.15, 0.2) is 0 Å². The van der Waals surface area contributed by atoms with Crippen LogP contribution >= 0.6 is 0 Å². The molecule has 2 heterocycles. The Morgan fingerprint density at radius 2 is 1.76 bits per heavy atom. The van der Waals surface area contributed by atoms with Gasteiger partial charge in [0.2, 0.25) is 0 Å². The number of imidazole rings is 1. The van der Waals surface area contributed by atoms with Gasteiger partial charge in [-0.05, 0) is 55.6 Å². The fraction of sp³-hybridized carbons (Fsp3) is 0.381. The summed E-state index contributed by atoms with van der Waals surface area (Å²) < 4.78 is 0. The first-order valence-corrected chi connectivity index (χ1v) is 9.24. The van der Waals surface area contributed by atoms with Crippen LogP contribution < -0.4 is 0 Å². The summed E-state index contributed by atoms with van der Waals surface area (Å²) in [5, 5.41) is 10.7. The van der Waals surface area contributed by atoms with Crippen molar-refractivity contribution in [1.82, 2.24) is 14.9 Å². The number of nitrogens with zero attached hydrogens (tertiary/aromatic N) is 2. The van der Waals surface area contributed by atoms with Crippen molar-refractivity contribution in [1.29, 1.82) is 0 Å². The molecule has 25 heavy (non-hydrogen) atoms. The second-order valence-electron chi connectivity index (χ2n) is 7.36. The number of benzene rings is 2. The van der Waals surface area contributed by atoms with Crippen molar-refractivity contribution in [2.75, 3.05) is 13.1 Å². The van der Waals surface area contributed by atoms with Crippen LogP contribution in [0.5, 0.6) is 0 Å². The number of aromatic amines is 1. The van der Waals surface area contributed by atoms with Crippen LogP contribution in [0.2, 0.25) is 0 Å². The minimum atomic E-state index is -0.348. The van der Waals surface area contributed by atoms with Gasteiger partial charge in [-0.15, -0.1) is 0 Å². The van der Waals surface area contributed by atoms with Crippen molar-refractivity contribution in [3.63, 3.8) is 0 Å². The predicted octanol–water partition coefficient (Wildman–Crippen LogP) is 3.40. The number of hydrogen-bond donors (Lipinski definition) is 2. The van der Waals surface area contributed by atoms with Crippen LogP contribution in [-0.4, -0.2) is 39.1 Å². The number of likely N-dealkylation sites (tertiary alicyclic amines) is 1. The van der Waals surface area contributed by atoms with E-state index in [1.54, 1.807) is 0 Å². The molecule has 0 radical (unpaired) electrons. The van der Waals surface area contributed by atoms with Gasteiger partial charge in [0.05, 0.1) is 17.1 Å². The third-order valence-corrected chi connectivity index (χ3v) is 5.96. The van der Waals surface area contributed by atoms with Crippen LogP contribution in [0.4, 0.5) is 0 Å². The molecule has 4 heteroatoms. The molecule has 2 N–H and O–H groups in total. The van der Waals surface area contributed by atoms with Crippen molar-refractivity contribution in [2.45, 2.75) is 37.3 Å². The molecule has 1 aliphatic carbocycles. The van der Waals surface area contributed by atoms with Gasteiger partial charge in [-0.3, -0.25) is 4.90 Å². The molecule has 2 unspecified atom stereocenters. The van der Waals surface area contributed by atoms with Gasteiger partial charge in [-0.2, -0.15) is 0 Å². The molecule has 2 atom stereocenters. The first-order chi connectivity index (χ1) is 12.3. The minimum absolute atomic E-state index is 0.231. The molecule has 1 saturated heterocycles. The van der Waals surface area contributed by atoms with Gasteiger partial charge in [0.25, 0.3) is 0 Å². The molecule has 0 amide bonds. The monoisotopic (exact) mass is 333 g/mol. The number of rotatable bonds is 2. The highest BCUT2D eigenvalue weighted by Gasteiger charge is 2.36. The molecule has 4 nitrogen and oxygen atoms in total. The predicted molar refractivity (Wildman–Crippen MR) is 98.5 cm³/mol. The minimum Gasteiger partial charge on any atom is -0.387 e. The quantitative estimate of drug-likeness (QED) is 0.756. The van der Waals surface area contributed by atoms with E-state index in [4.69, 9.17) is 4.98 Å². The zero-order valence-corrected chi connectivity index (χ0v) is 14.2. The largest absolute Gasteiger partial charge is 0.387 e. The van der Waals surface area contributed by atoms with Gasteiger partial charge >= 0.3 is 0 Å². The second-order valence-corrected chi connectivity index (χ2v) is 7.36. The highest BCUT2D eigenvalue weighted by atomic mass is 16.3. The summed E-state index contributed by atoms with van der Waals surface area (Å²) >= 11 is 0. The SMILES string of the molecule is OC1c2ccccc2CC1N1CCC(c2nc3ccccc3[nH]2)CC1. The Hall–Kier alpha value is -2.17. The lowest BCUT2D eigenvalue weighted by molar-refractivity contribution is 0.0453. The van der Waals surface area contributed by atoms with E-state index < -0.39 is 0 Å². The fourth-order valence-corrected chi connectivity index (χ4v) is 4.55. The first-order valence-electron chi connectivity index (χ1n) is 9.24. The number of aromatic nitrogens is 2. The average Bonchev–Trinajstić information content (AvgIpc) is 3.24. The van der Waals surface area contributed by atoms with Crippen molar-refractivity contribution in [2.24, 2.45) is 0 Å². The molecule has 0 spiro atoms. The van der Waals surface area contributed by atoms with Crippen molar-refractivity contribution in [3.8, 4) is 0 Å². The van der Waals surface area contributed by atoms with Crippen molar-refractivity contribution >= 4 is 11.0 Å². The molecule has 5 rings (SSSR count). The number of para-hydroxylation sites is 2. The van der Waals surface area contributed by atoms with Crippen LogP contribution in [0.1, 0.15) is 41.8 Å². The Kier molecular flexibility index (Phi) is 3.61. The second kappa shape index (κ2) is 5.97. The number of aliphatic hydroxyl groups is 1. The molecule has 0 bridgehead atoms. The number of nitrogens with one attached hydrogen (secondary N) is 1. The van der Waals surface area contributed by atoms with Crippen molar-refractivity contribution in [3.05, 3.63) is 65.5 Å². The Morgan fingerprint density at radius 3 is 2.56 bits per heavy atom. The molecule has 1 aromatic heterocycles.